The van der Waals surface area contributed by atoms with E-state index >= 15 is 0 Å². The number of rotatable bonds is 10. The molecule has 26 heavy (non-hydrogen) atoms. The fourth-order valence-corrected chi connectivity index (χ4v) is 4.09. The van der Waals surface area contributed by atoms with Crippen molar-refractivity contribution in [3.63, 3.8) is 0 Å². The molecule has 1 amide bonds. The van der Waals surface area contributed by atoms with Crippen LogP contribution in [0.4, 0.5) is 0 Å². The van der Waals surface area contributed by atoms with Gasteiger partial charge >= 0.3 is 0 Å². The second-order valence-corrected chi connectivity index (χ2v) is 8.84. The predicted molar refractivity (Wildman–Crippen MR) is 108 cm³/mol. The van der Waals surface area contributed by atoms with Gasteiger partial charge in [-0.3, -0.25) is 4.79 Å². The topological polar surface area (TPSA) is 101 Å². The molecular weight excluding hydrogens is 374 g/mol. The highest BCUT2D eigenvalue weighted by atomic mass is 35.5. The first-order valence-corrected chi connectivity index (χ1v) is 10.2. The summed E-state index contributed by atoms with van der Waals surface area (Å²) in [7, 11) is -3.64. The number of carbonyl (C=O) groups is 1. The monoisotopic (exact) mass is 405 g/mol. The van der Waals surface area contributed by atoms with Crippen molar-refractivity contribution in [2.75, 3.05) is 6.54 Å². The summed E-state index contributed by atoms with van der Waals surface area (Å²) in [5, 5.41) is 2.81. The van der Waals surface area contributed by atoms with E-state index in [9.17, 15) is 13.2 Å². The second-order valence-electron chi connectivity index (χ2n) is 7.19. The number of amides is 1. The Hall–Kier alpha value is -1.15. The first-order chi connectivity index (χ1) is 11.7. The number of nitrogens with two attached hydrogens (primary N) is 1. The first kappa shape index (κ1) is 24.8. The SMILES string of the molecule is CC(C)(C)NS(=O)(=O)c1ccccc1CNC(=O)CCCCCCN.Cl. The van der Waals surface area contributed by atoms with Crippen LogP contribution in [0.1, 0.15) is 58.4 Å². The van der Waals surface area contributed by atoms with Gasteiger partial charge in [0.05, 0.1) is 4.90 Å². The lowest BCUT2D eigenvalue weighted by molar-refractivity contribution is -0.121. The van der Waals surface area contributed by atoms with Crippen LogP contribution in [0.5, 0.6) is 0 Å². The minimum Gasteiger partial charge on any atom is -0.352 e. The average Bonchev–Trinajstić information content (AvgIpc) is 2.50. The van der Waals surface area contributed by atoms with Gasteiger partial charge in [-0.15, -0.1) is 12.4 Å². The molecule has 150 valence electrons. The van der Waals surface area contributed by atoms with E-state index in [2.05, 4.69) is 10.0 Å². The number of nitrogens with one attached hydrogen (secondary N) is 2. The maximum absolute atomic E-state index is 12.6. The number of hydrogen-bond donors (Lipinski definition) is 3. The molecule has 1 aromatic carbocycles. The van der Waals surface area contributed by atoms with Gasteiger partial charge in [0, 0.05) is 18.5 Å². The van der Waals surface area contributed by atoms with Crippen LogP contribution in [-0.2, 0) is 21.4 Å². The zero-order valence-corrected chi connectivity index (χ0v) is 17.5. The number of benzene rings is 1. The van der Waals surface area contributed by atoms with Crippen molar-refractivity contribution in [1.29, 1.82) is 0 Å². The van der Waals surface area contributed by atoms with Gasteiger partial charge < -0.3 is 11.1 Å². The van der Waals surface area contributed by atoms with Gasteiger partial charge in [0.25, 0.3) is 0 Å². The summed E-state index contributed by atoms with van der Waals surface area (Å²) in [5.41, 5.74) is 5.45. The van der Waals surface area contributed by atoms with E-state index in [1.54, 1.807) is 45.0 Å². The first-order valence-electron chi connectivity index (χ1n) is 8.74. The molecule has 0 heterocycles. The Morgan fingerprint density at radius 1 is 1.08 bits per heavy atom. The number of sulfonamides is 1. The Kier molecular flexibility index (Phi) is 11.0. The van der Waals surface area contributed by atoms with Crippen LogP contribution in [-0.4, -0.2) is 26.4 Å². The average molecular weight is 406 g/mol. The van der Waals surface area contributed by atoms with E-state index in [0.717, 1.165) is 25.7 Å². The third-order valence-corrected chi connectivity index (χ3v) is 5.40. The fraction of sp³-hybridized carbons (Fsp3) is 0.611. The zero-order valence-electron chi connectivity index (χ0n) is 15.9. The number of unbranched alkanes of at least 4 members (excludes halogenated alkanes) is 3. The van der Waals surface area contributed by atoms with Crippen molar-refractivity contribution in [3.05, 3.63) is 29.8 Å². The molecule has 0 saturated heterocycles. The molecule has 6 nitrogen and oxygen atoms in total. The summed E-state index contributed by atoms with van der Waals surface area (Å²) in [6, 6.07) is 6.73. The summed E-state index contributed by atoms with van der Waals surface area (Å²) < 4.78 is 27.7. The maximum atomic E-state index is 12.6. The molecule has 0 aliphatic heterocycles. The number of hydrogen-bond acceptors (Lipinski definition) is 4. The van der Waals surface area contributed by atoms with Crippen molar-refractivity contribution < 1.29 is 13.2 Å². The Morgan fingerprint density at radius 3 is 2.31 bits per heavy atom. The van der Waals surface area contributed by atoms with Crippen LogP contribution < -0.4 is 15.8 Å². The molecule has 0 unspecified atom stereocenters. The second kappa shape index (κ2) is 11.5. The van der Waals surface area contributed by atoms with Crippen LogP contribution in [0.3, 0.4) is 0 Å². The summed E-state index contributed by atoms with van der Waals surface area (Å²) in [5.74, 6) is -0.0660. The van der Waals surface area contributed by atoms with E-state index in [-0.39, 0.29) is 29.8 Å². The van der Waals surface area contributed by atoms with Crippen LogP contribution in [0.15, 0.2) is 29.2 Å². The molecule has 0 aliphatic carbocycles. The Bertz CT molecular complexity index is 658. The van der Waals surface area contributed by atoms with E-state index in [0.29, 0.717) is 18.5 Å². The highest BCUT2D eigenvalue weighted by molar-refractivity contribution is 7.89. The minimum atomic E-state index is -3.64. The molecule has 0 aromatic heterocycles. The van der Waals surface area contributed by atoms with Crippen LogP contribution in [0.2, 0.25) is 0 Å². The lowest BCUT2D eigenvalue weighted by Gasteiger charge is -2.21. The van der Waals surface area contributed by atoms with E-state index in [1.807, 2.05) is 0 Å². The van der Waals surface area contributed by atoms with Crippen molar-refractivity contribution in [2.45, 2.75) is 69.9 Å². The predicted octanol–water partition coefficient (Wildman–Crippen LogP) is 2.71. The molecule has 0 fully saturated rings. The standard InChI is InChI=1S/C18H31N3O3S.ClH/c1-18(2,3)21-25(23,24)16-11-8-7-10-15(16)14-20-17(22)12-6-4-5-9-13-19;/h7-8,10-11,21H,4-6,9,12-14,19H2,1-3H3,(H,20,22);1H. The fourth-order valence-electron chi connectivity index (χ4n) is 2.44. The molecule has 1 rings (SSSR count). The summed E-state index contributed by atoms with van der Waals surface area (Å²) in [4.78, 5) is 12.1. The molecule has 0 radical (unpaired) electrons. The molecule has 0 bridgehead atoms. The minimum absolute atomic E-state index is 0. The van der Waals surface area contributed by atoms with E-state index in [4.69, 9.17) is 5.73 Å². The van der Waals surface area contributed by atoms with Gasteiger partial charge in [-0.25, -0.2) is 13.1 Å². The molecular formula is C18H32ClN3O3S. The lowest BCUT2D eigenvalue weighted by atomic mass is 10.1. The highest BCUT2D eigenvalue weighted by Crippen LogP contribution is 2.17. The molecule has 0 saturated carbocycles. The van der Waals surface area contributed by atoms with Gasteiger partial charge in [0.2, 0.25) is 15.9 Å². The van der Waals surface area contributed by atoms with Gasteiger partial charge in [-0.05, 0) is 51.8 Å². The van der Waals surface area contributed by atoms with Crippen molar-refractivity contribution in [3.8, 4) is 0 Å². The van der Waals surface area contributed by atoms with Crippen molar-refractivity contribution in [1.82, 2.24) is 10.0 Å². The largest absolute Gasteiger partial charge is 0.352 e. The quantitative estimate of drug-likeness (QED) is 0.521. The molecule has 0 aliphatic rings. The zero-order chi connectivity index (χ0) is 18.9. The van der Waals surface area contributed by atoms with Gasteiger partial charge in [-0.2, -0.15) is 0 Å². The molecule has 1 aromatic rings. The molecule has 0 atom stereocenters. The van der Waals surface area contributed by atoms with Crippen LogP contribution >= 0.6 is 12.4 Å². The number of carbonyl (C=O) groups excluding carboxylic acids is 1. The molecule has 4 N–H and O–H groups in total. The Balaban J connectivity index is 0.00000625. The van der Waals surface area contributed by atoms with E-state index < -0.39 is 15.6 Å². The Morgan fingerprint density at radius 2 is 1.69 bits per heavy atom. The van der Waals surface area contributed by atoms with E-state index in [1.165, 1.54) is 0 Å². The summed E-state index contributed by atoms with van der Waals surface area (Å²) in [6.07, 6.45) is 4.25. The van der Waals surface area contributed by atoms with Crippen molar-refractivity contribution in [2.24, 2.45) is 5.73 Å². The third kappa shape index (κ3) is 9.52. The van der Waals surface area contributed by atoms with Gasteiger partial charge in [-0.1, -0.05) is 31.0 Å². The maximum Gasteiger partial charge on any atom is 0.241 e. The lowest BCUT2D eigenvalue weighted by Crippen LogP contribution is -2.41. The van der Waals surface area contributed by atoms with Gasteiger partial charge in [0.1, 0.15) is 0 Å². The van der Waals surface area contributed by atoms with Crippen LogP contribution in [0, 0.1) is 0 Å². The van der Waals surface area contributed by atoms with Gasteiger partial charge in [0.15, 0.2) is 0 Å². The Labute approximate surface area is 163 Å². The molecule has 0 spiro atoms. The summed E-state index contributed by atoms with van der Waals surface area (Å²) >= 11 is 0. The summed E-state index contributed by atoms with van der Waals surface area (Å²) in [6.45, 7) is 6.25. The highest BCUT2D eigenvalue weighted by Gasteiger charge is 2.24. The van der Waals surface area contributed by atoms with Crippen molar-refractivity contribution >= 4 is 28.3 Å². The van der Waals surface area contributed by atoms with Crippen LogP contribution in [0.25, 0.3) is 0 Å². The normalized spacial score (nSPS) is 11.7. The third-order valence-electron chi connectivity index (χ3n) is 3.54. The number of halogens is 1. The smallest absolute Gasteiger partial charge is 0.241 e. The molecule has 8 heteroatoms.